The van der Waals surface area contributed by atoms with E-state index in [2.05, 4.69) is 17.1 Å². The first kappa shape index (κ1) is 14.9. The van der Waals surface area contributed by atoms with E-state index in [1.807, 2.05) is 0 Å². The van der Waals surface area contributed by atoms with Crippen LogP contribution < -0.4 is 5.73 Å². The number of halogens is 2. The Morgan fingerprint density at radius 3 is 2.95 bits per heavy atom. The number of aryl methyl sites for hydroxylation is 1. The maximum absolute atomic E-state index is 13.7. The Morgan fingerprint density at radius 1 is 1.45 bits per heavy atom. The Kier molecular flexibility index (Phi) is 5.09. The second-order valence-electron chi connectivity index (χ2n) is 4.86. The zero-order chi connectivity index (χ0) is 14.5. The van der Waals surface area contributed by atoms with Gasteiger partial charge in [0.25, 0.3) is 0 Å². The van der Waals surface area contributed by atoms with Gasteiger partial charge in [-0.05, 0) is 31.0 Å². The molecule has 0 aliphatic heterocycles. The first-order valence-corrected chi connectivity index (χ1v) is 6.92. The molecule has 2 N–H and O–H groups in total. The van der Waals surface area contributed by atoms with E-state index in [0.717, 1.165) is 6.42 Å². The van der Waals surface area contributed by atoms with Crippen LogP contribution in [0, 0.1) is 11.7 Å². The van der Waals surface area contributed by atoms with Crippen molar-refractivity contribution >= 4 is 11.6 Å². The molecular formula is C14H17ClFN3O. The van der Waals surface area contributed by atoms with Gasteiger partial charge in [-0.2, -0.15) is 4.98 Å². The minimum Gasteiger partial charge on any atom is -0.339 e. The van der Waals surface area contributed by atoms with E-state index in [0.29, 0.717) is 41.2 Å². The molecule has 4 nitrogen and oxygen atoms in total. The summed E-state index contributed by atoms with van der Waals surface area (Å²) in [5.74, 6) is 1.03. The molecule has 0 aliphatic carbocycles. The SMILES string of the molecule is CC(CN)CCc1nc(Cc2c(F)cccc2Cl)no1. The smallest absolute Gasteiger partial charge is 0.226 e. The molecule has 2 rings (SSSR count). The van der Waals surface area contributed by atoms with Gasteiger partial charge in [0.1, 0.15) is 5.82 Å². The summed E-state index contributed by atoms with van der Waals surface area (Å²) in [6.07, 6.45) is 1.79. The van der Waals surface area contributed by atoms with Gasteiger partial charge in [0, 0.05) is 23.4 Å². The summed E-state index contributed by atoms with van der Waals surface area (Å²) >= 11 is 5.97. The minimum atomic E-state index is -0.361. The van der Waals surface area contributed by atoms with Crippen LogP contribution in [0.15, 0.2) is 22.7 Å². The van der Waals surface area contributed by atoms with Crippen molar-refractivity contribution in [1.82, 2.24) is 10.1 Å². The summed E-state index contributed by atoms with van der Waals surface area (Å²) in [6, 6.07) is 4.58. The third-order valence-electron chi connectivity index (χ3n) is 3.16. The molecule has 1 aromatic carbocycles. The Labute approximate surface area is 122 Å². The highest BCUT2D eigenvalue weighted by atomic mass is 35.5. The molecule has 108 valence electrons. The Morgan fingerprint density at radius 2 is 2.25 bits per heavy atom. The average molecular weight is 298 g/mol. The van der Waals surface area contributed by atoms with E-state index in [9.17, 15) is 4.39 Å². The normalized spacial score (nSPS) is 12.6. The summed E-state index contributed by atoms with van der Waals surface area (Å²) < 4.78 is 18.8. The van der Waals surface area contributed by atoms with E-state index in [1.165, 1.54) is 6.07 Å². The molecule has 2 aromatic rings. The number of rotatable bonds is 6. The van der Waals surface area contributed by atoms with Gasteiger partial charge in [0.2, 0.25) is 5.89 Å². The first-order chi connectivity index (χ1) is 9.60. The maximum atomic E-state index is 13.7. The number of hydrogen-bond acceptors (Lipinski definition) is 4. The molecule has 1 atom stereocenters. The maximum Gasteiger partial charge on any atom is 0.226 e. The van der Waals surface area contributed by atoms with E-state index in [4.69, 9.17) is 21.9 Å². The molecule has 0 aliphatic rings. The van der Waals surface area contributed by atoms with Gasteiger partial charge in [-0.3, -0.25) is 0 Å². The van der Waals surface area contributed by atoms with E-state index < -0.39 is 0 Å². The molecule has 0 amide bonds. The van der Waals surface area contributed by atoms with Crippen molar-refractivity contribution in [2.45, 2.75) is 26.2 Å². The molecule has 6 heteroatoms. The van der Waals surface area contributed by atoms with E-state index >= 15 is 0 Å². The lowest BCUT2D eigenvalue weighted by atomic mass is 10.1. The molecule has 0 fully saturated rings. The summed E-state index contributed by atoms with van der Waals surface area (Å²) in [5.41, 5.74) is 5.94. The van der Waals surface area contributed by atoms with Gasteiger partial charge in [-0.1, -0.05) is 29.7 Å². The number of nitrogens with zero attached hydrogens (tertiary/aromatic N) is 2. The summed E-state index contributed by atoms with van der Waals surface area (Å²) in [7, 11) is 0. The molecule has 0 radical (unpaired) electrons. The van der Waals surface area contributed by atoms with Crippen LogP contribution in [0.1, 0.15) is 30.6 Å². The highest BCUT2D eigenvalue weighted by molar-refractivity contribution is 6.31. The quantitative estimate of drug-likeness (QED) is 0.890. The van der Waals surface area contributed by atoms with Crippen molar-refractivity contribution in [3.63, 3.8) is 0 Å². The van der Waals surface area contributed by atoms with Gasteiger partial charge < -0.3 is 10.3 Å². The van der Waals surface area contributed by atoms with Crippen LogP contribution in [0.5, 0.6) is 0 Å². The van der Waals surface area contributed by atoms with Crippen molar-refractivity contribution < 1.29 is 8.91 Å². The van der Waals surface area contributed by atoms with Crippen molar-refractivity contribution in [2.75, 3.05) is 6.54 Å². The molecule has 1 aromatic heterocycles. The topological polar surface area (TPSA) is 64.9 Å². The van der Waals surface area contributed by atoms with E-state index in [1.54, 1.807) is 12.1 Å². The summed E-state index contributed by atoms with van der Waals surface area (Å²) in [4.78, 5) is 4.25. The minimum absolute atomic E-state index is 0.224. The highest BCUT2D eigenvalue weighted by Crippen LogP contribution is 2.21. The van der Waals surface area contributed by atoms with Gasteiger partial charge >= 0.3 is 0 Å². The first-order valence-electron chi connectivity index (χ1n) is 6.54. The molecule has 0 saturated carbocycles. The lowest BCUT2D eigenvalue weighted by molar-refractivity contribution is 0.362. The summed E-state index contributed by atoms with van der Waals surface area (Å²) in [5, 5.41) is 4.22. The fourth-order valence-corrected chi connectivity index (χ4v) is 2.04. The van der Waals surface area contributed by atoms with Crippen molar-refractivity contribution in [2.24, 2.45) is 11.7 Å². The molecular weight excluding hydrogens is 281 g/mol. The molecule has 0 bridgehead atoms. The third kappa shape index (κ3) is 3.77. The number of hydrogen-bond donors (Lipinski definition) is 1. The van der Waals surface area contributed by atoms with Gasteiger partial charge in [-0.25, -0.2) is 4.39 Å². The van der Waals surface area contributed by atoms with Crippen molar-refractivity contribution in [1.29, 1.82) is 0 Å². The third-order valence-corrected chi connectivity index (χ3v) is 3.51. The van der Waals surface area contributed by atoms with Gasteiger partial charge in [0.05, 0.1) is 0 Å². The predicted molar refractivity (Wildman–Crippen MR) is 75.1 cm³/mol. The predicted octanol–water partition coefficient (Wildman–Crippen LogP) is 2.98. The summed E-state index contributed by atoms with van der Waals surface area (Å²) in [6.45, 7) is 2.70. The second-order valence-corrected chi connectivity index (χ2v) is 5.27. The van der Waals surface area contributed by atoms with Crippen LogP contribution in [0.3, 0.4) is 0 Å². The molecule has 0 saturated heterocycles. The lowest BCUT2D eigenvalue weighted by Gasteiger charge is -2.04. The fourth-order valence-electron chi connectivity index (χ4n) is 1.81. The van der Waals surface area contributed by atoms with Crippen LogP contribution in [0.2, 0.25) is 5.02 Å². The van der Waals surface area contributed by atoms with Crippen molar-refractivity contribution in [3.8, 4) is 0 Å². The Balaban J connectivity index is 2.02. The average Bonchev–Trinajstić information content (AvgIpc) is 2.88. The fraction of sp³-hybridized carbons (Fsp3) is 0.429. The van der Waals surface area contributed by atoms with Crippen LogP contribution in [-0.4, -0.2) is 16.7 Å². The standard InChI is InChI=1S/C14H17ClFN3O/c1-9(8-17)5-6-14-18-13(19-20-14)7-10-11(15)3-2-4-12(10)16/h2-4,9H,5-8,17H2,1H3. The Bertz CT molecular complexity index is 553. The molecule has 0 spiro atoms. The van der Waals surface area contributed by atoms with Crippen LogP contribution in [0.4, 0.5) is 4.39 Å². The molecule has 1 heterocycles. The highest BCUT2D eigenvalue weighted by Gasteiger charge is 2.13. The van der Waals surface area contributed by atoms with Gasteiger partial charge in [-0.15, -0.1) is 0 Å². The zero-order valence-electron chi connectivity index (χ0n) is 11.3. The lowest BCUT2D eigenvalue weighted by Crippen LogP contribution is -2.11. The molecule has 20 heavy (non-hydrogen) atoms. The monoisotopic (exact) mass is 297 g/mol. The number of aromatic nitrogens is 2. The van der Waals surface area contributed by atoms with Crippen LogP contribution in [0.25, 0.3) is 0 Å². The number of nitrogens with two attached hydrogens (primary N) is 1. The van der Waals surface area contributed by atoms with Gasteiger partial charge in [0.15, 0.2) is 5.82 Å². The molecule has 1 unspecified atom stereocenters. The van der Waals surface area contributed by atoms with E-state index in [-0.39, 0.29) is 12.2 Å². The second kappa shape index (κ2) is 6.81. The number of benzene rings is 1. The van der Waals surface area contributed by atoms with Crippen LogP contribution >= 0.6 is 11.6 Å². The zero-order valence-corrected chi connectivity index (χ0v) is 12.0. The van der Waals surface area contributed by atoms with Crippen LogP contribution in [-0.2, 0) is 12.8 Å². The van der Waals surface area contributed by atoms with Crippen molar-refractivity contribution in [3.05, 3.63) is 46.3 Å². The largest absolute Gasteiger partial charge is 0.339 e. The Hall–Kier alpha value is -1.46.